The van der Waals surface area contributed by atoms with Gasteiger partial charge in [0, 0.05) is 31.8 Å². The molecular formula is C16H16N2O4. The summed E-state index contributed by atoms with van der Waals surface area (Å²) >= 11 is 0. The zero-order valence-electron chi connectivity index (χ0n) is 11.9. The molecule has 1 aromatic carbocycles. The molecule has 0 aliphatic rings. The molecule has 0 fully saturated rings. The van der Waals surface area contributed by atoms with Crippen LogP contribution in [-0.4, -0.2) is 21.6 Å². The molecule has 0 saturated heterocycles. The van der Waals surface area contributed by atoms with Crippen molar-refractivity contribution in [2.45, 2.75) is 19.5 Å². The van der Waals surface area contributed by atoms with Gasteiger partial charge in [-0.25, -0.2) is 4.79 Å². The smallest absolute Gasteiger partial charge is 0.335 e. The van der Waals surface area contributed by atoms with E-state index in [2.05, 4.69) is 5.32 Å². The molecule has 1 heterocycles. The van der Waals surface area contributed by atoms with Crippen molar-refractivity contribution in [3.63, 3.8) is 0 Å². The highest BCUT2D eigenvalue weighted by molar-refractivity contribution is 5.87. The van der Waals surface area contributed by atoms with Gasteiger partial charge in [0.2, 0.25) is 5.91 Å². The molecule has 0 spiro atoms. The van der Waals surface area contributed by atoms with E-state index in [9.17, 15) is 14.4 Å². The standard InChI is InChI=1S/C16H16N2O4/c19-14(7-9-18-8-2-1-6-15(18)20)17-11-12-4-3-5-13(10-12)16(21)22/h1-6,8,10H,7,9,11H2,(H,17,19)(H,21,22). The largest absolute Gasteiger partial charge is 0.478 e. The van der Waals surface area contributed by atoms with Crippen LogP contribution in [0.25, 0.3) is 0 Å². The molecule has 2 aromatic rings. The van der Waals surface area contributed by atoms with Gasteiger partial charge in [-0.3, -0.25) is 9.59 Å². The Labute approximate surface area is 127 Å². The first-order valence-corrected chi connectivity index (χ1v) is 6.80. The molecule has 0 atom stereocenters. The number of hydrogen-bond donors (Lipinski definition) is 2. The highest BCUT2D eigenvalue weighted by Gasteiger charge is 2.05. The van der Waals surface area contributed by atoms with Crippen LogP contribution in [0.3, 0.4) is 0 Å². The number of hydrogen-bond acceptors (Lipinski definition) is 3. The van der Waals surface area contributed by atoms with E-state index in [-0.39, 0.29) is 30.0 Å². The molecule has 6 nitrogen and oxygen atoms in total. The number of rotatable bonds is 6. The van der Waals surface area contributed by atoms with E-state index in [4.69, 9.17) is 5.11 Å². The molecule has 0 saturated carbocycles. The number of aryl methyl sites for hydroxylation is 1. The lowest BCUT2D eigenvalue weighted by atomic mass is 10.1. The molecule has 2 rings (SSSR count). The number of carboxylic acid groups (broad SMARTS) is 1. The summed E-state index contributed by atoms with van der Waals surface area (Å²) in [5.41, 5.74) is 0.747. The molecule has 2 N–H and O–H groups in total. The summed E-state index contributed by atoms with van der Waals surface area (Å²) in [4.78, 5) is 34.1. The van der Waals surface area contributed by atoms with Crippen LogP contribution in [0.5, 0.6) is 0 Å². The van der Waals surface area contributed by atoms with Gasteiger partial charge in [0.15, 0.2) is 0 Å². The number of aromatic nitrogens is 1. The maximum Gasteiger partial charge on any atom is 0.335 e. The van der Waals surface area contributed by atoms with Crippen molar-refractivity contribution in [2.75, 3.05) is 0 Å². The van der Waals surface area contributed by atoms with Gasteiger partial charge in [-0.15, -0.1) is 0 Å². The number of pyridine rings is 1. The predicted octanol–water partition coefficient (Wildman–Crippen LogP) is 1.25. The molecule has 0 radical (unpaired) electrons. The average Bonchev–Trinajstić information content (AvgIpc) is 2.52. The molecular weight excluding hydrogens is 284 g/mol. The van der Waals surface area contributed by atoms with Crippen LogP contribution in [-0.2, 0) is 17.9 Å². The molecule has 1 aromatic heterocycles. The Balaban J connectivity index is 1.85. The second-order valence-electron chi connectivity index (χ2n) is 4.76. The Kier molecular flexibility index (Phi) is 5.08. The molecule has 114 valence electrons. The fraction of sp³-hybridized carbons (Fsp3) is 0.188. The average molecular weight is 300 g/mol. The van der Waals surface area contributed by atoms with Gasteiger partial charge in [0.05, 0.1) is 5.56 Å². The third kappa shape index (κ3) is 4.31. The number of amides is 1. The maximum atomic E-state index is 11.8. The number of aromatic carboxylic acids is 1. The first-order chi connectivity index (χ1) is 10.6. The molecule has 22 heavy (non-hydrogen) atoms. The Bertz CT molecular complexity index is 737. The van der Waals surface area contributed by atoms with Gasteiger partial charge in [0.25, 0.3) is 5.56 Å². The van der Waals surface area contributed by atoms with E-state index in [1.165, 1.54) is 22.8 Å². The normalized spacial score (nSPS) is 10.2. The van der Waals surface area contributed by atoms with Crippen molar-refractivity contribution in [1.29, 1.82) is 0 Å². The van der Waals surface area contributed by atoms with Crippen molar-refractivity contribution in [3.8, 4) is 0 Å². The van der Waals surface area contributed by atoms with Crippen LogP contribution in [0.2, 0.25) is 0 Å². The number of benzene rings is 1. The van der Waals surface area contributed by atoms with Crippen molar-refractivity contribution in [1.82, 2.24) is 9.88 Å². The van der Waals surface area contributed by atoms with Crippen LogP contribution in [0, 0.1) is 0 Å². The maximum absolute atomic E-state index is 11.8. The van der Waals surface area contributed by atoms with Crippen LogP contribution < -0.4 is 10.9 Å². The minimum Gasteiger partial charge on any atom is -0.478 e. The number of carbonyl (C=O) groups is 2. The van der Waals surface area contributed by atoms with E-state index in [1.807, 2.05) is 0 Å². The molecule has 6 heteroatoms. The van der Waals surface area contributed by atoms with Crippen molar-refractivity contribution in [2.24, 2.45) is 0 Å². The quantitative estimate of drug-likeness (QED) is 0.840. The third-order valence-corrected chi connectivity index (χ3v) is 3.14. The third-order valence-electron chi connectivity index (χ3n) is 3.14. The van der Waals surface area contributed by atoms with Gasteiger partial charge in [-0.1, -0.05) is 18.2 Å². The summed E-state index contributed by atoms with van der Waals surface area (Å²) in [5.74, 6) is -1.20. The van der Waals surface area contributed by atoms with Crippen molar-refractivity contribution >= 4 is 11.9 Å². The Morgan fingerprint density at radius 3 is 2.68 bits per heavy atom. The SMILES string of the molecule is O=C(CCn1ccccc1=O)NCc1cccc(C(=O)O)c1. The summed E-state index contributed by atoms with van der Waals surface area (Å²) in [6.07, 6.45) is 1.81. The first kappa shape index (κ1) is 15.5. The first-order valence-electron chi connectivity index (χ1n) is 6.80. The van der Waals surface area contributed by atoms with E-state index >= 15 is 0 Å². The summed E-state index contributed by atoms with van der Waals surface area (Å²) in [7, 11) is 0. The minimum atomic E-state index is -1.00. The lowest BCUT2D eigenvalue weighted by molar-refractivity contribution is -0.121. The van der Waals surface area contributed by atoms with E-state index in [1.54, 1.807) is 30.5 Å². The van der Waals surface area contributed by atoms with Crippen LogP contribution in [0.15, 0.2) is 53.5 Å². The van der Waals surface area contributed by atoms with Crippen molar-refractivity contribution in [3.05, 3.63) is 70.1 Å². The second kappa shape index (κ2) is 7.21. The fourth-order valence-electron chi connectivity index (χ4n) is 1.97. The Hall–Kier alpha value is -2.89. The summed E-state index contributed by atoms with van der Waals surface area (Å²) in [6, 6.07) is 11.2. The number of carboxylic acids is 1. The minimum absolute atomic E-state index is 0.149. The van der Waals surface area contributed by atoms with Crippen LogP contribution in [0.1, 0.15) is 22.3 Å². The topological polar surface area (TPSA) is 88.4 Å². The van der Waals surface area contributed by atoms with Crippen LogP contribution in [0.4, 0.5) is 0 Å². The van der Waals surface area contributed by atoms with Crippen LogP contribution >= 0.6 is 0 Å². The molecule has 0 bridgehead atoms. The summed E-state index contributed by atoms with van der Waals surface area (Å²) in [5, 5.41) is 11.6. The molecule has 0 aliphatic heterocycles. The lowest BCUT2D eigenvalue weighted by Crippen LogP contribution is -2.26. The highest BCUT2D eigenvalue weighted by Crippen LogP contribution is 2.05. The lowest BCUT2D eigenvalue weighted by Gasteiger charge is -2.07. The fourth-order valence-corrected chi connectivity index (χ4v) is 1.97. The zero-order chi connectivity index (χ0) is 15.9. The van der Waals surface area contributed by atoms with E-state index < -0.39 is 5.97 Å². The van der Waals surface area contributed by atoms with Gasteiger partial charge in [-0.05, 0) is 23.8 Å². The molecule has 1 amide bonds. The predicted molar refractivity (Wildman–Crippen MR) is 80.6 cm³/mol. The monoisotopic (exact) mass is 300 g/mol. The van der Waals surface area contributed by atoms with E-state index in [0.29, 0.717) is 12.1 Å². The number of nitrogens with one attached hydrogen (secondary N) is 1. The Morgan fingerprint density at radius 2 is 1.95 bits per heavy atom. The summed E-state index contributed by atoms with van der Waals surface area (Å²) in [6.45, 7) is 0.560. The van der Waals surface area contributed by atoms with Crippen molar-refractivity contribution < 1.29 is 14.7 Å². The highest BCUT2D eigenvalue weighted by atomic mass is 16.4. The summed E-state index contributed by atoms with van der Waals surface area (Å²) < 4.78 is 1.46. The van der Waals surface area contributed by atoms with Gasteiger partial charge < -0.3 is 15.0 Å². The molecule has 0 unspecified atom stereocenters. The second-order valence-corrected chi connectivity index (χ2v) is 4.76. The van der Waals surface area contributed by atoms with Gasteiger partial charge >= 0.3 is 5.97 Å². The molecule has 0 aliphatic carbocycles. The number of nitrogens with zero attached hydrogens (tertiary/aromatic N) is 1. The van der Waals surface area contributed by atoms with E-state index in [0.717, 1.165) is 0 Å². The number of carbonyl (C=O) groups excluding carboxylic acids is 1. The van der Waals surface area contributed by atoms with Gasteiger partial charge in [-0.2, -0.15) is 0 Å². The zero-order valence-corrected chi connectivity index (χ0v) is 11.9. The van der Waals surface area contributed by atoms with Gasteiger partial charge in [0.1, 0.15) is 0 Å². The Morgan fingerprint density at radius 1 is 1.14 bits per heavy atom.